The van der Waals surface area contributed by atoms with E-state index in [-0.39, 0.29) is 0 Å². The van der Waals surface area contributed by atoms with Crippen LogP contribution in [0.3, 0.4) is 0 Å². The van der Waals surface area contributed by atoms with Crippen LogP contribution in [0.2, 0.25) is 0 Å². The molecule has 6 nitrogen and oxygen atoms in total. The molecule has 0 aromatic heterocycles. The Balaban J connectivity index is 3.27. The number of likely N-dealkylation sites (tertiary alicyclic amines) is 1. The van der Waals surface area contributed by atoms with Crippen molar-refractivity contribution in [2.45, 2.75) is 38.5 Å². The van der Waals surface area contributed by atoms with Crippen molar-refractivity contribution in [1.82, 2.24) is 4.90 Å². The second kappa shape index (κ2) is 4.97. The molecule has 0 saturated carbocycles. The van der Waals surface area contributed by atoms with Gasteiger partial charge >= 0.3 is 12.1 Å². The Morgan fingerprint density at radius 2 is 2.11 bits per heavy atom. The Morgan fingerprint density at radius 1 is 1.56 bits per heavy atom. The third kappa shape index (κ3) is 1.96. The highest BCUT2D eigenvalue weighted by molar-refractivity contribution is 5.83. The van der Waals surface area contributed by atoms with Crippen molar-refractivity contribution in [3.05, 3.63) is 12.7 Å². The second-order valence-corrected chi connectivity index (χ2v) is 4.80. The first-order chi connectivity index (χ1) is 8.31. The molecular formula is C12H19NO5. The monoisotopic (exact) mass is 257 g/mol. The summed E-state index contributed by atoms with van der Waals surface area (Å²) in [5.41, 5.74) is -0.924. The fourth-order valence-corrected chi connectivity index (χ4v) is 2.74. The van der Waals surface area contributed by atoms with Crippen molar-refractivity contribution in [1.29, 1.82) is 0 Å². The van der Waals surface area contributed by atoms with Crippen LogP contribution in [0.15, 0.2) is 12.7 Å². The maximum absolute atomic E-state index is 11.8. The zero-order valence-electron chi connectivity index (χ0n) is 10.8. The van der Waals surface area contributed by atoms with Crippen LogP contribution in [0.4, 0.5) is 4.79 Å². The summed E-state index contributed by atoms with van der Waals surface area (Å²) in [5.74, 6) is -0.662. The molecule has 1 aliphatic rings. The number of esters is 1. The lowest BCUT2D eigenvalue weighted by molar-refractivity contribution is -0.149. The van der Waals surface area contributed by atoms with Crippen LogP contribution in [0, 0.1) is 5.41 Å². The van der Waals surface area contributed by atoms with E-state index < -0.39 is 35.7 Å². The smallest absolute Gasteiger partial charge is 0.408 e. The number of carbonyl (C=O) groups excluding carboxylic acids is 1. The van der Waals surface area contributed by atoms with Gasteiger partial charge in [0.1, 0.15) is 6.04 Å². The Morgan fingerprint density at radius 3 is 2.50 bits per heavy atom. The van der Waals surface area contributed by atoms with Crippen LogP contribution in [-0.4, -0.2) is 52.5 Å². The number of rotatable bonds is 3. The molecule has 0 aromatic rings. The molecule has 0 bridgehead atoms. The van der Waals surface area contributed by atoms with E-state index in [1.165, 1.54) is 7.11 Å². The van der Waals surface area contributed by atoms with Crippen LogP contribution in [0.25, 0.3) is 0 Å². The first-order valence-corrected chi connectivity index (χ1v) is 5.69. The number of aliphatic hydroxyl groups excluding tert-OH is 1. The molecule has 1 rings (SSSR count). The quantitative estimate of drug-likeness (QED) is 0.578. The minimum absolute atomic E-state index is 0.321. The van der Waals surface area contributed by atoms with Crippen molar-refractivity contribution < 1.29 is 24.5 Å². The van der Waals surface area contributed by atoms with E-state index in [0.29, 0.717) is 6.42 Å². The van der Waals surface area contributed by atoms with Gasteiger partial charge < -0.3 is 14.9 Å². The highest BCUT2D eigenvalue weighted by Gasteiger charge is 2.59. The Labute approximate surface area is 106 Å². The number of carboxylic acid groups (broad SMARTS) is 1. The molecule has 4 unspecified atom stereocenters. The Hall–Kier alpha value is -1.56. The molecule has 1 aliphatic heterocycles. The SMILES string of the molecule is C=CCC1(C)C(O)C(C)N(C(=O)O)C1C(=O)OC. The molecule has 0 spiro atoms. The fourth-order valence-electron chi connectivity index (χ4n) is 2.74. The molecule has 1 saturated heterocycles. The second-order valence-electron chi connectivity index (χ2n) is 4.80. The van der Waals surface area contributed by atoms with Gasteiger partial charge in [0.2, 0.25) is 0 Å². The summed E-state index contributed by atoms with van der Waals surface area (Å²) in [6, 6.07) is -1.69. The number of hydrogen-bond donors (Lipinski definition) is 2. The molecule has 4 atom stereocenters. The van der Waals surface area contributed by atoms with E-state index in [9.17, 15) is 19.8 Å². The third-order valence-electron chi connectivity index (χ3n) is 3.70. The van der Waals surface area contributed by atoms with Gasteiger partial charge in [0.15, 0.2) is 0 Å². The largest absolute Gasteiger partial charge is 0.467 e. The van der Waals surface area contributed by atoms with Gasteiger partial charge in [0.25, 0.3) is 0 Å². The normalized spacial score (nSPS) is 35.3. The Bertz CT molecular complexity index is 369. The fraction of sp³-hybridized carbons (Fsp3) is 0.667. The van der Waals surface area contributed by atoms with Crippen LogP contribution >= 0.6 is 0 Å². The summed E-state index contributed by atoms with van der Waals surface area (Å²) in [7, 11) is 1.20. The van der Waals surface area contributed by atoms with Gasteiger partial charge in [0, 0.05) is 5.41 Å². The maximum Gasteiger partial charge on any atom is 0.408 e. The van der Waals surface area contributed by atoms with Crippen molar-refractivity contribution in [3.63, 3.8) is 0 Å². The number of amides is 1. The number of carbonyl (C=O) groups is 2. The molecule has 2 N–H and O–H groups in total. The van der Waals surface area contributed by atoms with Crippen LogP contribution < -0.4 is 0 Å². The van der Waals surface area contributed by atoms with E-state index in [0.717, 1.165) is 4.90 Å². The molecule has 18 heavy (non-hydrogen) atoms. The zero-order valence-corrected chi connectivity index (χ0v) is 10.8. The number of allylic oxidation sites excluding steroid dienone is 1. The highest BCUT2D eigenvalue weighted by Crippen LogP contribution is 2.44. The molecular weight excluding hydrogens is 238 g/mol. The van der Waals surface area contributed by atoms with Crippen molar-refractivity contribution in [3.8, 4) is 0 Å². The van der Waals surface area contributed by atoms with Crippen LogP contribution in [-0.2, 0) is 9.53 Å². The van der Waals surface area contributed by atoms with Gasteiger partial charge in [-0.05, 0) is 13.3 Å². The number of methoxy groups -OCH3 is 1. The van der Waals surface area contributed by atoms with Crippen LogP contribution in [0.1, 0.15) is 20.3 Å². The van der Waals surface area contributed by atoms with Gasteiger partial charge in [-0.1, -0.05) is 13.0 Å². The number of hydrogen-bond acceptors (Lipinski definition) is 4. The van der Waals surface area contributed by atoms with Gasteiger partial charge in [0.05, 0.1) is 19.3 Å². The molecule has 1 heterocycles. The number of ether oxygens (including phenoxy) is 1. The van der Waals surface area contributed by atoms with Crippen molar-refractivity contribution in [2.24, 2.45) is 5.41 Å². The molecule has 0 aromatic carbocycles. The molecule has 1 fully saturated rings. The van der Waals surface area contributed by atoms with Gasteiger partial charge in [-0.15, -0.1) is 6.58 Å². The average molecular weight is 257 g/mol. The van der Waals surface area contributed by atoms with E-state index in [1.54, 1.807) is 19.9 Å². The van der Waals surface area contributed by atoms with Gasteiger partial charge in [-0.25, -0.2) is 9.59 Å². The number of aliphatic hydroxyl groups is 1. The van der Waals surface area contributed by atoms with E-state index in [4.69, 9.17) is 0 Å². The maximum atomic E-state index is 11.8. The summed E-state index contributed by atoms with van der Waals surface area (Å²) in [6.45, 7) is 6.83. The molecule has 102 valence electrons. The third-order valence-corrected chi connectivity index (χ3v) is 3.70. The van der Waals surface area contributed by atoms with Crippen LogP contribution in [0.5, 0.6) is 0 Å². The minimum atomic E-state index is -1.25. The lowest BCUT2D eigenvalue weighted by atomic mass is 9.76. The summed E-state index contributed by atoms with van der Waals surface area (Å²) in [6.07, 6.45) is -0.306. The lowest BCUT2D eigenvalue weighted by Crippen LogP contribution is -2.49. The summed E-state index contributed by atoms with van der Waals surface area (Å²) in [5, 5.41) is 19.4. The van der Waals surface area contributed by atoms with Gasteiger partial charge in [-0.3, -0.25) is 4.90 Å². The van der Waals surface area contributed by atoms with E-state index >= 15 is 0 Å². The standard InChI is InChI=1S/C12H19NO5/c1-5-6-12(3)8(10(15)18-4)13(11(16)17)7(2)9(12)14/h5,7-9,14H,1,6H2,2-4H3,(H,16,17). The molecule has 6 heteroatoms. The summed E-state index contributed by atoms with van der Waals surface area (Å²) >= 11 is 0. The zero-order chi connectivity index (χ0) is 14.1. The van der Waals surface area contributed by atoms with Crippen molar-refractivity contribution in [2.75, 3.05) is 7.11 Å². The predicted molar refractivity (Wildman–Crippen MR) is 64.1 cm³/mol. The lowest BCUT2D eigenvalue weighted by Gasteiger charge is -2.32. The van der Waals surface area contributed by atoms with Gasteiger partial charge in [-0.2, -0.15) is 0 Å². The van der Waals surface area contributed by atoms with E-state index in [2.05, 4.69) is 11.3 Å². The van der Waals surface area contributed by atoms with Crippen molar-refractivity contribution >= 4 is 12.1 Å². The summed E-state index contributed by atoms with van der Waals surface area (Å²) < 4.78 is 4.66. The number of nitrogens with zero attached hydrogens (tertiary/aromatic N) is 1. The predicted octanol–water partition coefficient (Wildman–Crippen LogP) is 0.853. The molecule has 1 amide bonds. The summed E-state index contributed by atoms with van der Waals surface area (Å²) in [4.78, 5) is 24.1. The topological polar surface area (TPSA) is 87.1 Å². The first-order valence-electron chi connectivity index (χ1n) is 5.69. The first kappa shape index (κ1) is 14.5. The minimum Gasteiger partial charge on any atom is -0.467 e. The molecule has 0 aliphatic carbocycles. The molecule has 0 radical (unpaired) electrons. The average Bonchev–Trinajstić information content (AvgIpc) is 2.50. The Kier molecular flexibility index (Phi) is 4.01. The highest BCUT2D eigenvalue weighted by atomic mass is 16.5. The van der Waals surface area contributed by atoms with E-state index in [1.807, 2.05) is 0 Å².